The van der Waals surface area contributed by atoms with Gasteiger partial charge in [-0.1, -0.05) is 30.3 Å². The van der Waals surface area contributed by atoms with Crippen LogP contribution in [0.2, 0.25) is 0 Å². The molecule has 1 amide bonds. The summed E-state index contributed by atoms with van der Waals surface area (Å²) >= 11 is 3.44. The normalized spacial score (nSPS) is 15.5. The summed E-state index contributed by atoms with van der Waals surface area (Å²) in [6, 6.07) is 11.4. The van der Waals surface area contributed by atoms with E-state index in [1.165, 1.54) is 11.9 Å². The summed E-state index contributed by atoms with van der Waals surface area (Å²) in [4.78, 5) is 16.3. The number of hydrogen-bond donors (Lipinski definition) is 0. The van der Waals surface area contributed by atoms with Crippen LogP contribution in [0.3, 0.4) is 0 Å². The lowest BCUT2D eigenvalue weighted by atomic mass is 10.1. The zero-order chi connectivity index (χ0) is 21.0. The molecule has 0 N–H and O–H groups in total. The highest BCUT2D eigenvalue weighted by Gasteiger charge is 2.32. The molecular weight excluding hydrogens is 440 g/mol. The fraction of sp³-hybridized carbons (Fsp3) is 0.300. The van der Waals surface area contributed by atoms with E-state index in [0.29, 0.717) is 15.7 Å². The number of carbonyl (C=O) groups excluding carboxylic acids is 1. The van der Waals surface area contributed by atoms with Gasteiger partial charge in [-0.25, -0.2) is 4.98 Å². The molecule has 3 rings (SSSR count). The Hall–Kier alpha value is -2.96. The Morgan fingerprint density at radius 2 is 2.07 bits per heavy atom. The molecule has 29 heavy (non-hydrogen) atoms. The van der Waals surface area contributed by atoms with Gasteiger partial charge in [0.05, 0.1) is 12.3 Å². The summed E-state index contributed by atoms with van der Waals surface area (Å²) in [7, 11) is 1.55. The minimum atomic E-state index is -0.661. The van der Waals surface area contributed by atoms with E-state index >= 15 is 0 Å². The molecule has 0 fully saturated rings. The smallest absolute Gasteiger partial charge is 0.247 e. The van der Waals surface area contributed by atoms with Gasteiger partial charge in [-0.05, 0) is 22.9 Å². The number of pyridine rings is 1. The number of nitriles is 1. The van der Waals surface area contributed by atoms with Crippen LogP contribution in [0.1, 0.15) is 35.5 Å². The molecule has 1 aliphatic rings. The third kappa shape index (κ3) is 4.39. The topological polar surface area (TPSA) is 97.0 Å². The maximum Gasteiger partial charge on any atom is 0.247 e. The number of amides is 1. The van der Waals surface area contributed by atoms with Crippen molar-refractivity contribution in [2.45, 2.75) is 26.7 Å². The van der Waals surface area contributed by atoms with Gasteiger partial charge in [0.2, 0.25) is 23.9 Å². The Labute approximate surface area is 176 Å². The van der Waals surface area contributed by atoms with Crippen LogP contribution < -0.4 is 4.74 Å². The summed E-state index contributed by atoms with van der Waals surface area (Å²) in [5.41, 5.74) is 2.37. The SMILES string of the molecule is COCc1c(Br)c(C)nc(OCC2=NN(C(C)=O)[C@@H](c3ccccc3)O2)c1C#N. The number of aryl methyl sites for hydroxylation is 1. The molecule has 8 nitrogen and oxygen atoms in total. The van der Waals surface area contributed by atoms with Gasteiger partial charge in [-0.3, -0.25) is 4.79 Å². The summed E-state index contributed by atoms with van der Waals surface area (Å²) < 4.78 is 17.5. The predicted molar refractivity (Wildman–Crippen MR) is 108 cm³/mol. The fourth-order valence-corrected chi connectivity index (χ4v) is 3.25. The second kappa shape index (κ2) is 9.03. The predicted octanol–water partition coefficient (Wildman–Crippen LogP) is 3.44. The molecule has 150 valence electrons. The van der Waals surface area contributed by atoms with Crippen LogP contribution in [0.25, 0.3) is 0 Å². The molecule has 1 aromatic heterocycles. The van der Waals surface area contributed by atoms with Crippen LogP contribution in [0.5, 0.6) is 5.88 Å². The van der Waals surface area contributed by atoms with E-state index in [2.05, 4.69) is 32.1 Å². The van der Waals surface area contributed by atoms with Gasteiger partial charge in [0.15, 0.2) is 6.61 Å². The van der Waals surface area contributed by atoms with Crippen molar-refractivity contribution in [1.82, 2.24) is 9.99 Å². The van der Waals surface area contributed by atoms with Crippen molar-refractivity contribution in [2.75, 3.05) is 13.7 Å². The monoisotopic (exact) mass is 458 g/mol. The van der Waals surface area contributed by atoms with Crippen LogP contribution in [0, 0.1) is 18.3 Å². The number of carbonyl (C=O) groups is 1. The molecule has 2 heterocycles. The number of halogens is 1. The lowest BCUT2D eigenvalue weighted by Gasteiger charge is -2.19. The summed E-state index contributed by atoms with van der Waals surface area (Å²) in [6.45, 7) is 3.36. The second-order valence-corrected chi connectivity index (χ2v) is 7.03. The molecule has 0 saturated heterocycles. The van der Waals surface area contributed by atoms with Gasteiger partial charge in [0.25, 0.3) is 0 Å². The molecule has 2 aromatic rings. The maximum absolute atomic E-state index is 12.0. The quantitative estimate of drug-likeness (QED) is 0.657. The molecule has 0 radical (unpaired) electrons. The van der Waals surface area contributed by atoms with E-state index in [9.17, 15) is 10.1 Å². The molecule has 1 aromatic carbocycles. The number of rotatable bonds is 6. The van der Waals surface area contributed by atoms with Gasteiger partial charge in [-0.2, -0.15) is 10.3 Å². The number of ether oxygens (including phenoxy) is 3. The van der Waals surface area contributed by atoms with Crippen molar-refractivity contribution in [3.8, 4) is 11.9 Å². The summed E-state index contributed by atoms with van der Waals surface area (Å²) in [5.74, 6) is 0.115. The minimum absolute atomic E-state index is 0.0811. The van der Waals surface area contributed by atoms with Crippen molar-refractivity contribution in [3.05, 3.63) is 57.2 Å². The van der Waals surface area contributed by atoms with Crippen molar-refractivity contribution < 1.29 is 19.0 Å². The molecule has 1 atom stereocenters. The van der Waals surface area contributed by atoms with E-state index in [0.717, 1.165) is 5.56 Å². The Kier molecular flexibility index (Phi) is 6.46. The first-order valence-electron chi connectivity index (χ1n) is 8.76. The first-order valence-corrected chi connectivity index (χ1v) is 9.55. The maximum atomic E-state index is 12.0. The first-order chi connectivity index (χ1) is 14.0. The largest absolute Gasteiger partial charge is 0.467 e. The van der Waals surface area contributed by atoms with Crippen molar-refractivity contribution in [2.24, 2.45) is 5.10 Å². The van der Waals surface area contributed by atoms with Gasteiger partial charge in [-0.15, -0.1) is 5.10 Å². The number of methoxy groups -OCH3 is 1. The van der Waals surface area contributed by atoms with Crippen LogP contribution in [-0.2, 0) is 20.9 Å². The second-order valence-electron chi connectivity index (χ2n) is 6.24. The highest BCUT2D eigenvalue weighted by Crippen LogP contribution is 2.31. The Balaban J connectivity index is 1.82. The third-order valence-corrected chi connectivity index (χ3v) is 5.25. The molecule has 0 aliphatic carbocycles. The molecule has 0 spiro atoms. The van der Waals surface area contributed by atoms with E-state index in [4.69, 9.17) is 14.2 Å². The van der Waals surface area contributed by atoms with E-state index in [1.54, 1.807) is 14.0 Å². The highest BCUT2D eigenvalue weighted by atomic mass is 79.9. The van der Waals surface area contributed by atoms with Crippen molar-refractivity contribution in [1.29, 1.82) is 5.26 Å². The lowest BCUT2D eigenvalue weighted by molar-refractivity contribution is -0.135. The Morgan fingerprint density at radius 1 is 1.34 bits per heavy atom. The number of benzene rings is 1. The summed E-state index contributed by atoms with van der Waals surface area (Å²) in [5, 5.41) is 15.1. The average Bonchev–Trinajstić information content (AvgIpc) is 3.15. The number of hydrogen-bond acceptors (Lipinski definition) is 7. The van der Waals surface area contributed by atoms with Crippen LogP contribution in [-0.4, -0.2) is 35.5 Å². The standard InChI is InChI=1S/C20H19BrN4O4/c1-12-18(21)16(10-27-3)15(9-22)19(23-12)28-11-17-24-25(13(2)26)20(29-17)14-7-5-4-6-8-14/h4-8,20H,10-11H2,1-3H3/t20-/m1/s1. The fourth-order valence-electron chi connectivity index (χ4n) is 2.84. The van der Waals surface area contributed by atoms with Crippen molar-refractivity contribution in [3.63, 3.8) is 0 Å². The van der Waals surface area contributed by atoms with Crippen LogP contribution in [0.4, 0.5) is 0 Å². The number of aromatic nitrogens is 1. The average molecular weight is 459 g/mol. The minimum Gasteiger partial charge on any atom is -0.467 e. The van der Waals surface area contributed by atoms with E-state index in [-0.39, 0.29) is 36.5 Å². The first kappa shape index (κ1) is 20.8. The Bertz CT molecular complexity index is 988. The van der Waals surface area contributed by atoms with Crippen LogP contribution >= 0.6 is 15.9 Å². The molecular formula is C20H19BrN4O4. The molecule has 0 bridgehead atoms. The number of nitrogens with zero attached hydrogens (tertiary/aromatic N) is 4. The molecule has 9 heteroatoms. The Morgan fingerprint density at radius 3 is 2.69 bits per heavy atom. The summed E-state index contributed by atoms with van der Waals surface area (Å²) in [6.07, 6.45) is -0.661. The van der Waals surface area contributed by atoms with Crippen molar-refractivity contribution >= 4 is 27.7 Å². The van der Waals surface area contributed by atoms with Crippen LogP contribution in [0.15, 0.2) is 39.9 Å². The van der Waals surface area contributed by atoms with Gasteiger partial charge in [0, 0.05) is 29.6 Å². The zero-order valence-corrected chi connectivity index (χ0v) is 17.8. The third-order valence-electron chi connectivity index (χ3n) is 4.20. The van der Waals surface area contributed by atoms with E-state index < -0.39 is 6.23 Å². The highest BCUT2D eigenvalue weighted by molar-refractivity contribution is 9.10. The lowest BCUT2D eigenvalue weighted by Crippen LogP contribution is -2.25. The zero-order valence-electron chi connectivity index (χ0n) is 16.2. The van der Waals surface area contributed by atoms with Gasteiger partial charge in [0.1, 0.15) is 11.6 Å². The number of hydrazone groups is 1. The van der Waals surface area contributed by atoms with E-state index in [1.807, 2.05) is 30.3 Å². The molecule has 0 unspecified atom stereocenters. The molecule has 1 aliphatic heterocycles. The molecule has 0 saturated carbocycles. The van der Waals surface area contributed by atoms with Gasteiger partial charge < -0.3 is 14.2 Å². The van der Waals surface area contributed by atoms with Gasteiger partial charge >= 0.3 is 0 Å².